The third-order valence-electron chi connectivity index (χ3n) is 6.85. The molecule has 2 amide bonds. The van der Waals surface area contributed by atoms with Crippen LogP contribution in [-0.4, -0.2) is 57.6 Å². The molecule has 0 aliphatic heterocycles. The SMILES string of the molecule is COc1ccccc1N(CCCC(=O)N(Cc1c(Cl)cccc1Cl)C(Cc1ccccc1)C(=O)NCC(C)C)S(C)(=O)=O. The second kappa shape index (κ2) is 16.0. The van der Waals surface area contributed by atoms with Gasteiger partial charge in [-0.05, 0) is 42.2 Å². The van der Waals surface area contributed by atoms with Crippen LogP contribution in [0.5, 0.6) is 5.75 Å². The predicted molar refractivity (Wildman–Crippen MR) is 173 cm³/mol. The van der Waals surface area contributed by atoms with E-state index in [1.807, 2.05) is 44.2 Å². The van der Waals surface area contributed by atoms with E-state index in [1.165, 1.54) is 16.3 Å². The number of hydrogen-bond donors (Lipinski definition) is 1. The quantitative estimate of drug-likeness (QED) is 0.220. The fraction of sp³-hybridized carbons (Fsp3) is 0.375. The van der Waals surface area contributed by atoms with Gasteiger partial charge in [0, 0.05) is 48.1 Å². The van der Waals surface area contributed by atoms with Crippen molar-refractivity contribution >= 4 is 50.7 Å². The normalized spacial score (nSPS) is 12.1. The molecule has 0 bridgehead atoms. The van der Waals surface area contributed by atoms with Gasteiger partial charge >= 0.3 is 0 Å². The molecule has 0 radical (unpaired) electrons. The summed E-state index contributed by atoms with van der Waals surface area (Å²) in [5.74, 6) is -0.00890. The molecule has 3 rings (SSSR count). The van der Waals surface area contributed by atoms with E-state index in [9.17, 15) is 18.0 Å². The molecular formula is C32H39Cl2N3O5S. The van der Waals surface area contributed by atoms with Crippen LogP contribution < -0.4 is 14.4 Å². The Hall–Kier alpha value is -3.27. The monoisotopic (exact) mass is 647 g/mol. The van der Waals surface area contributed by atoms with Gasteiger partial charge in [-0.1, -0.05) is 85.6 Å². The molecule has 0 fully saturated rings. The molecule has 11 heteroatoms. The minimum absolute atomic E-state index is 0.00619. The number of rotatable bonds is 15. The van der Waals surface area contributed by atoms with Gasteiger partial charge in [-0.25, -0.2) is 8.42 Å². The van der Waals surface area contributed by atoms with Crippen molar-refractivity contribution in [2.24, 2.45) is 5.92 Å². The zero-order valence-corrected chi connectivity index (χ0v) is 27.3. The van der Waals surface area contributed by atoms with Crippen LogP contribution in [0.2, 0.25) is 10.0 Å². The first-order chi connectivity index (χ1) is 20.4. The minimum Gasteiger partial charge on any atom is -0.495 e. The smallest absolute Gasteiger partial charge is 0.243 e. The van der Waals surface area contributed by atoms with Crippen molar-refractivity contribution in [3.05, 3.63) is 94.0 Å². The standard InChI is InChI=1S/C32H39Cl2N3O5S/c1-23(2)21-35-32(39)29(20-24-12-6-5-7-13-24)36(22-25-26(33)14-10-15-27(25)34)31(38)18-11-19-37(43(4,40)41)28-16-8-9-17-30(28)42-3/h5-10,12-17,23,29H,11,18-22H2,1-4H3,(H,35,39). The van der Waals surface area contributed by atoms with E-state index in [-0.39, 0.29) is 50.1 Å². The van der Waals surface area contributed by atoms with Crippen molar-refractivity contribution in [1.29, 1.82) is 0 Å². The summed E-state index contributed by atoms with van der Waals surface area (Å²) in [4.78, 5) is 29.2. The molecule has 0 saturated carbocycles. The summed E-state index contributed by atoms with van der Waals surface area (Å²) in [7, 11) is -2.22. The highest BCUT2D eigenvalue weighted by molar-refractivity contribution is 7.92. The maximum Gasteiger partial charge on any atom is 0.243 e. The zero-order chi connectivity index (χ0) is 31.6. The van der Waals surface area contributed by atoms with E-state index in [2.05, 4.69) is 5.32 Å². The highest BCUT2D eigenvalue weighted by Crippen LogP contribution is 2.30. The first kappa shape index (κ1) is 34.2. The van der Waals surface area contributed by atoms with Crippen LogP contribution in [-0.2, 0) is 32.6 Å². The number of amides is 2. The van der Waals surface area contributed by atoms with E-state index in [0.717, 1.165) is 11.8 Å². The Morgan fingerprint density at radius 3 is 2.16 bits per heavy atom. The van der Waals surface area contributed by atoms with Crippen LogP contribution in [0.3, 0.4) is 0 Å². The maximum absolute atomic E-state index is 14.0. The zero-order valence-electron chi connectivity index (χ0n) is 24.9. The molecule has 0 aliphatic carbocycles. The van der Waals surface area contributed by atoms with Gasteiger partial charge in [0.2, 0.25) is 21.8 Å². The van der Waals surface area contributed by atoms with E-state index >= 15 is 0 Å². The highest BCUT2D eigenvalue weighted by atomic mass is 35.5. The number of benzene rings is 3. The van der Waals surface area contributed by atoms with E-state index < -0.39 is 16.1 Å². The molecule has 0 saturated heterocycles. The Bertz CT molecular complexity index is 1470. The van der Waals surface area contributed by atoms with E-state index in [4.69, 9.17) is 27.9 Å². The average molecular weight is 649 g/mol. The highest BCUT2D eigenvalue weighted by Gasteiger charge is 2.31. The van der Waals surface area contributed by atoms with E-state index in [1.54, 1.807) is 42.5 Å². The van der Waals surface area contributed by atoms with Crippen molar-refractivity contribution in [3.8, 4) is 5.75 Å². The Balaban J connectivity index is 1.94. The average Bonchev–Trinajstić information content (AvgIpc) is 2.97. The molecule has 1 atom stereocenters. The molecule has 0 aliphatic rings. The van der Waals surface area contributed by atoms with Crippen molar-refractivity contribution in [1.82, 2.24) is 10.2 Å². The van der Waals surface area contributed by atoms with Crippen LogP contribution in [0.4, 0.5) is 5.69 Å². The lowest BCUT2D eigenvalue weighted by atomic mass is 10.0. The number of carbonyl (C=O) groups is 2. The number of nitrogens with zero attached hydrogens (tertiary/aromatic N) is 2. The van der Waals surface area contributed by atoms with Crippen molar-refractivity contribution < 1.29 is 22.7 Å². The van der Waals surface area contributed by atoms with Gasteiger partial charge in [-0.15, -0.1) is 0 Å². The van der Waals surface area contributed by atoms with Crippen LogP contribution in [0, 0.1) is 5.92 Å². The van der Waals surface area contributed by atoms with Gasteiger partial charge in [-0.2, -0.15) is 0 Å². The summed E-state index contributed by atoms with van der Waals surface area (Å²) in [6.07, 6.45) is 1.56. The van der Waals surface area contributed by atoms with Crippen molar-refractivity contribution in [2.75, 3.05) is 30.8 Å². The van der Waals surface area contributed by atoms with E-state index in [0.29, 0.717) is 33.6 Å². The first-order valence-electron chi connectivity index (χ1n) is 14.1. The lowest BCUT2D eigenvalue weighted by molar-refractivity contribution is -0.141. The number of carbonyl (C=O) groups excluding carboxylic acids is 2. The number of para-hydroxylation sites is 2. The Labute approximate surface area is 265 Å². The number of halogens is 2. The molecule has 3 aromatic carbocycles. The Morgan fingerprint density at radius 1 is 0.930 bits per heavy atom. The fourth-order valence-corrected chi connectivity index (χ4v) is 6.13. The van der Waals surface area contributed by atoms with Crippen LogP contribution in [0.15, 0.2) is 72.8 Å². The number of hydrogen-bond acceptors (Lipinski definition) is 5. The van der Waals surface area contributed by atoms with Gasteiger partial charge in [0.1, 0.15) is 11.8 Å². The first-order valence-corrected chi connectivity index (χ1v) is 16.7. The molecule has 0 spiro atoms. The van der Waals surface area contributed by atoms with Crippen LogP contribution in [0.25, 0.3) is 0 Å². The molecule has 0 aromatic heterocycles. The van der Waals surface area contributed by atoms with Crippen molar-refractivity contribution in [2.45, 2.75) is 45.7 Å². The van der Waals surface area contributed by atoms with Gasteiger partial charge in [0.15, 0.2) is 0 Å². The topological polar surface area (TPSA) is 96.0 Å². The minimum atomic E-state index is -3.69. The van der Waals surface area contributed by atoms with Crippen LogP contribution >= 0.6 is 23.2 Å². The molecule has 1 unspecified atom stereocenters. The summed E-state index contributed by atoms with van der Waals surface area (Å²) < 4.78 is 32.1. The second-order valence-corrected chi connectivity index (χ2v) is 13.4. The maximum atomic E-state index is 14.0. The summed E-state index contributed by atoms with van der Waals surface area (Å²) >= 11 is 13.0. The molecular weight excluding hydrogens is 609 g/mol. The lowest BCUT2D eigenvalue weighted by Crippen LogP contribution is -2.51. The number of nitrogens with one attached hydrogen (secondary N) is 1. The Morgan fingerprint density at radius 2 is 1.56 bits per heavy atom. The lowest BCUT2D eigenvalue weighted by Gasteiger charge is -2.32. The molecule has 8 nitrogen and oxygen atoms in total. The van der Waals surface area contributed by atoms with Gasteiger partial charge in [0.05, 0.1) is 19.1 Å². The molecule has 43 heavy (non-hydrogen) atoms. The predicted octanol–water partition coefficient (Wildman–Crippen LogP) is 5.96. The number of sulfonamides is 1. The summed E-state index contributed by atoms with van der Waals surface area (Å²) in [5.41, 5.74) is 1.80. The summed E-state index contributed by atoms with van der Waals surface area (Å²) in [6, 6.07) is 20.5. The largest absolute Gasteiger partial charge is 0.495 e. The van der Waals surface area contributed by atoms with Crippen LogP contribution in [0.1, 0.15) is 37.8 Å². The number of anilines is 1. The summed E-state index contributed by atoms with van der Waals surface area (Å²) in [6.45, 7) is 4.48. The Kier molecular flexibility index (Phi) is 12.7. The van der Waals surface area contributed by atoms with Gasteiger partial charge in [-0.3, -0.25) is 13.9 Å². The fourth-order valence-electron chi connectivity index (χ4n) is 4.65. The molecule has 0 heterocycles. The number of methoxy groups -OCH3 is 1. The molecule has 1 N–H and O–H groups in total. The third-order valence-corrected chi connectivity index (χ3v) is 8.74. The van der Waals surface area contributed by atoms with Crippen molar-refractivity contribution in [3.63, 3.8) is 0 Å². The molecule has 3 aromatic rings. The van der Waals surface area contributed by atoms with Gasteiger partial charge in [0.25, 0.3) is 0 Å². The number of ether oxygens (including phenoxy) is 1. The molecule has 232 valence electrons. The summed E-state index contributed by atoms with van der Waals surface area (Å²) in [5, 5.41) is 3.74. The second-order valence-electron chi connectivity index (χ2n) is 10.7. The third kappa shape index (κ3) is 9.88. The van der Waals surface area contributed by atoms with Gasteiger partial charge < -0.3 is 15.0 Å².